The fourth-order valence-electron chi connectivity index (χ4n) is 4.02. The quantitative estimate of drug-likeness (QED) is 0.466. The van der Waals surface area contributed by atoms with Crippen molar-refractivity contribution in [3.63, 3.8) is 0 Å². The largest absolute Gasteiger partial charge is 0.351 e. The summed E-state index contributed by atoms with van der Waals surface area (Å²) in [5, 5.41) is 4.05. The van der Waals surface area contributed by atoms with E-state index in [-0.39, 0.29) is 17.9 Å². The van der Waals surface area contributed by atoms with Crippen molar-refractivity contribution in [2.45, 2.75) is 12.1 Å². The van der Waals surface area contributed by atoms with E-state index in [1.165, 1.54) is 6.07 Å². The first-order valence-corrected chi connectivity index (χ1v) is 10.1. The van der Waals surface area contributed by atoms with Gasteiger partial charge in [-0.1, -0.05) is 36.4 Å². The van der Waals surface area contributed by atoms with Gasteiger partial charge < -0.3 is 14.8 Å². The van der Waals surface area contributed by atoms with Crippen LogP contribution in [0.1, 0.15) is 23.5 Å². The summed E-state index contributed by atoms with van der Waals surface area (Å²) in [5.74, 6) is -0.274. The maximum atomic E-state index is 14.6. The fraction of sp³-hybridized carbons (Fsp3) is 0.0833. The molecule has 0 aliphatic carbocycles. The lowest BCUT2D eigenvalue weighted by Gasteiger charge is -2.29. The second-order valence-corrected chi connectivity index (χ2v) is 7.47. The number of aromatic nitrogens is 2. The first-order chi connectivity index (χ1) is 14.7. The lowest BCUT2D eigenvalue weighted by atomic mass is 10.0. The Hall–Kier alpha value is -3.51. The van der Waals surface area contributed by atoms with Gasteiger partial charge in [-0.05, 0) is 60.7 Å². The highest BCUT2D eigenvalue weighted by Crippen LogP contribution is 2.42. The number of thiocarbonyl (C=S) groups is 1. The van der Waals surface area contributed by atoms with Crippen LogP contribution in [-0.2, 0) is 0 Å². The van der Waals surface area contributed by atoms with Crippen LogP contribution in [0.4, 0.5) is 10.1 Å². The Morgan fingerprint density at radius 3 is 2.40 bits per heavy atom. The molecule has 5 rings (SSSR count). The molecule has 6 heteroatoms. The summed E-state index contributed by atoms with van der Waals surface area (Å²) in [6, 6.07) is 26.2. The van der Waals surface area contributed by atoms with Gasteiger partial charge in [-0.2, -0.15) is 0 Å². The topological polar surface area (TPSA) is 33.1 Å². The second kappa shape index (κ2) is 7.72. The molecule has 0 saturated carbocycles. The van der Waals surface area contributed by atoms with E-state index in [2.05, 4.69) is 15.2 Å². The number of anilines is 1. The third-order valence-corrected chi connectivity index (χ3v) is 5.64. The van der Waals surface area contributed by atoms with E-state index in [9.17, 15) is 4.39 Å². The molecule has 1 aliphatic rings. The minimum absolute atomic E-state index is 0.181. The van der Waals surface area contributed by atoms with E-state index >= 15 is 0 Å². The first kappa shape index (κ1) is 18.5. The molecule has 30 heavy (non-hydrogen) atoms. The summed E-state index contributed by atoms with van der Waals surface area (Å²) in [7, 11) is 0. The summed E-state index contributed by atoms with van der Waals surface area (Å²) in [6.45, 7) is 0. The van der Waals surface area contributed by atoms with E-state index < -0.39 is 0 Å². The predicted octanol–water partition coefficient (Wildman–Crippen LogP) is 5.19. The molecule has 1 saturated heterocycles. The highest BCUT2D eigenvalue weighted by molar-refractivity contribution is 7.80. The van der Waals surface area contributed by atoms with Crippen molar-refractivity contribution in [3.05, 3.63) is 115 Å². The standard InChI is InChI=1S/C24H19FN4S/c25-18-11-4-5-13-20(18)28-16-8-14-21(28)23-22(19-12-6-7-15-26-19)27-24(30)29(23)17-9-2-1-3-10-17/h1-16,22-23H,(H,27,30)/t22-,23+/m0/s1. The first-order valence-electron chi connectivity index (χ1n) is 9.72. The number of nitrogens with one attached hydrogen (secondary N) is 1. The molecule has 2 aromatic heterocycles. The van der Waals surface area contributed by atoms with Crippen LogP contribution in [-0.4, -0.2) is 14.7 Å². The highest BCUT2D eigenvalue weighted by atomic mass is 32.1. The van der Waals surface area contributed by atoms with E-state index in [4.69, 9.17) is 12.2 Å². The monoisotopic (exact) mass is 414 g/mol. The molecule has 0 amide bonds. The van der Waals surface area contributed by atoms with Crippen LogP contribution in [0.15, 0.2) is 97.3 Å². The third kappa shape index (κ3) is 3.15. The Morgan fingerprint density at radius 2 is 1.63 bits per heavy atom. The average Bonchev–Trinajstić information content (AvgIpc) is 3.39. The van der Waals surface area contributed by atoms with Crippen LogP contribution in [0.5, 0.6) is 0 Å². The smallest absolute Gasteiger partial charge is 0.174 e. The Bertz CT molecular complexity index is 1180. The molecule has 148 valence electrons. The zero-order chi connectivity index (χ0) is 20.5. The van der Waals surface area contributed by atoms with Gasteiger partial charge in [-0.25, -0.2) is 4.39 Å². The lowest BCUT2D eigenvalue weighted by Crippen LogP contribution is -2.30. The molecular weight excluding hydrogens is 395 g/mol. The summed E-state index contributed by atoms with van der Waals surface area (Å²) >= 11 is 5.74. The van der Waals surface area contributed by atoms with Gasteiger partial charge in [0, 0.05) is 23.8 Å². The normalized spacial score (nSPS) is 18.4. The molecule has 3 heterocycles. The summed E-state index contributed by atoms with van der Waals surface area (Å²) < 4.78 is 16.5. The van der Waals surface area contributed by atoms with Crippen LogP contribution in [0.2, 0.25) is 0 Å². The number of hydrogen-bond acceptors (Lipinski definition) is 2. The lowest BCUT2D eigenvalue weighted by molar-refractivity contribution is 0.544. The number of pyridine rings is 1. The van der Waals surface area contributed by atoms with E-state index in [0.717, 1.165) is 17.1 Å². The summed E-state index contributed by atoms with van der Waals surface area (Å²) in [5.41, 5.74) is 3.28. The van der Waals surface area contributed by atoms with E-state index in [0.29, 0.717) is 10.8 Å². The van der Waals surface area contributed by atoms with E-state index in [1.54, 1.807) is 18.3 Å². The maximum Gasteiger partial charge on any atom is 0.174 e. The Labute approximate surface area is 179 Å². The molecule has 1 N–H and O–H groups in total. The molecule has 0 bridgehead atoms. The number of para-hydroxylation sites is 2. The van der Waals surface area contributed by atoms with Crippen LogP contribution in [0.25, 0.3) is 5.69 Å². The van der Waals surface area contributed by atoms with Crippen molar-refractivity contribution in [1.82, 2.24) is 14.9 Å². The molecule has 0 spiro atoms. The van der Waals surface area contributed by atoms with Gasteiger partial charge >= 0.3 is 0 Å². The van der Waals surface area contributed by atoms with Crippen molar-refractivity contribution >= 4 is 23.0 Å². The van der Waals surface area contributed by atoms with Crippen molar-refractivity contribution < 1.29 is 4.39 Å². The molecule has 0 unspecified atom stereocenters. The second-order valence-electron chi connectivity index (χ2n) is 7.09. The van der Waals surface area contributed by atoms with Crippen molar-refractivity contribution in [1.29, 1.82) is 0 Å². The maximum absolute atomic E-state index is 14.6. The molecule has 2 atom stereocenters. The van der Waals surface area contributed by atoms with Crippen LogP contribution >= 0.6 is 12.2 Å². The van der Waals surface area contributed by atoms with Crippen molar-refractivity contribution in [2.75, 3.05) is 4.90 Å². The van der Waals surface area contributed by atoms with Gasteiger partial charge in [0.25, 0.3) is 0 Å². The van der Waals surface area contributed by atoms with Gasteiger partial charge in [-0.3, -0.25) is 4.98 Å². The average molecular weight is 415 g/mol. The van der Waals surface area contributed by atoms with Gasteiger partial charge in [0.1, 0.15) is 11.9 Å². The molecule has 4 aromatic rings. The number of halogens is 1. The van der Waals surface area contributed by atoms with Crippen LogP contribution in [0, 0.1) is 5.82 Å². The van der Waals surface area contributed by atoms with Crippen molar-refractivity contribution in [3.8, 4) is 5.69 Å². The number of benzene rings is 2. The molecule has 4 nitrogen and oxygen atoms in total. The van der Waals surface area contributed by atoms with Gasteiger partial charge in [-0.15, -0.1) is 0 Å². The van der Waals surface area contributed by atoms with E-state index in [1.807, 2.05) is 77.5 Å². The Balaban J connectivity index is 1.69. The molecule has 1 aliphatic heterocycles. The SMILES string of the molecule is Fc1ccccc1-n1cccc1[C@@H]1[C@H](c2ccccn2)NC(=S)N1c1ccccc1. The number of hydrogen-bond donors (Lipinski definition) is 1. The summed E-state index contributed by atoms with van der Waals surface area (Å²) in [6.07, 6.45) is 3.66. The van der Waals surface area contributed by atoms with Gasteiger partial charge in [0.05, 0.1) is 17.4 Å². The predicted molar refractivity (Wildman–Crippen MR) is 120 cm³/mol. The molecular formula is C24H19FN4S. The zero-order valence-electron chi connectivity index (χ0n) is 16.0. The van der Waals surface area contributed by atoms with Crippen LogP contribution in [0.3, 0.4) is 0 Å². The molecule has 0 radical (unpaired) electrons. The summed E-state index contributed by atoms with van der Waals surface area (Å²) in [4.78, 5) is 6.66. The Kier molecular flexibility index (Phi) is 4.77. The molecule has 1 fully saturated rings. The van der Waals surface area contributed by atoms with Gasteiger partial charge in [0.2, 0.25) is 0 Å². The minimum atomic E-state index is -0.274. The van der Waals surface area contributed by atoms with Gasteiger partial charge in [0.15, 0.2) is 5.11 Å². The zero-order valence-corrected chi connectivity index (χ0v) is 16.8. The number of nitrogens with zero attached hydrogens (tertiary/aromatic N) is 3. The number of rotatable bonds is 4. The van der Waals surface area contributed by atoms with Crippen molar-refractivity contribution in [2.24, 2.45) is 0 Å². The molecule has 2 aromatic carbocycles. The third-order valence-electron chi connectivity index (χ3n) is 5.33. The Morgan fingerprint density at radius 1 is 0.867 bits per heavy atom. The fourth-order valence-corrected chi connectivity index (χ4v) is 4.37. The minimum Gasteiger partial charge on any atom is -0.351 e. The van der Waals surface area contributed by atoms with Crippen LogP contribution < -0.4 is 10.2 Å². The highest BCUT2D eigenvalue weighted by Gasteiger charge is 2.42.